The molecule has 1 aromatic rings. The van der Waals surface area contributed by atoms with Gasteiger partial charge in [-0.15, -0.1) is 0 Å². The molecule has 1 rings (SSSR count). The SMILES string of the molecule is CCCCc1ccccc1C=C(C)COC(C)=O. The van der Waals surface area contributed by atoms with Gasteiger partial charge in [-0.1, -0.05) is 43.7 Å². The number of ether oxygens (including phenoxy) is 1. The lowest BCUT2D eigenvalue weighted by Crippen LogP contribution is -2.01. The summed E-state index contributed by atoms with van der Waals surface area (Å²) in [5.41, 5.74) is 3.66. The highest BCUT2D eigenvalue weighted by Crippen LogP contribution is 2.15. The summed E-state index contributed by atoms with van der Waals surface area (Å²) in [5, 5.41) is 0. The molecule has 18 heavy (non-hydrogen) atoms. The monoisotopic (exact) mass is 246 g/mol. The minimum atomic E-state index is -0.234. The topological polar surface area (TPSA) is 26.3 Å². The fourth-order valence-corrected chi connectivity index (χ4v) is 1.79. The molecule has 0 aliphatic heterocycles. The van der Waals surface area contributed by atoms with Crippen LogP contribution in [-0.4, -0.2) is 12.6 Å². The molecule has 2 heteroatoms. The average Bonchev–Trinajstić information content (AvgIpc) is 2.35. The van der Waals surface area contributed by atoms with E-state index in [1.54, 1.807) is 0 Å². The maximum Gasteiger partial charge on any atom is 0.302 e. The molecule has 1 aromatic carbocycles. The van der Waals surface area contributed by atoms with Crippen LogP contribution in [0.1, 0.15) is 44.7 Å². The summed E-state index contributed by atoms with van der Waals surface area (Å²) < 4.78 is 4.99. The molecule has 0 radical (unpaired) electrons. The molecule has 0 saturated carbocycles. The maximum atomic E-state index is 10.8. The smallest absolute Gasteiger partial charge is 0.302 e. The molecule has 98 valence electrons. The molecule has 0 unspecified atom stereocenters. The first-order chi connectivity index (χ1) is 8.63. The van der Waals surface area contributed by atoms with E-state index in [2.05, 4.69) is 31.2 Å². The van der Waals surface area contributed by atoms with Gasteiger partial charge in [-0.2, -0.15) is 0 Å². The van der Waals surface area contributed by atoms with Crippen LogP contribution >= 0.6 is 0 Å². The first-order valence-corrected chi connectivity index (χ1v) is 6.52. The Morgan fingerprint density at radius 3 is 2.67 bits per heavy atom. The zero-order valence-corrected chi connectivity index (χ0v) is 11.5. The number of benzene rings is 1. The Kier molecular flexibility index (Phi) is 6.20. The second kappa shape index (κ2) is 7.70. The highest BCUT2D eigenvalue weighted by molar-refractivity contribution is 5.66. The van der Waals surface area contributed by atoms with Gasteiger partial charge < -0.3 is 4.74 Å². The molecule has 0 fully saturated rings. The first kappa shape index (κ1) is 14.5. The molecular formula is C16H22O2. The average molecular weight is 246 g/mol. The quantitative estimate of drug-likeness (QED) is 0.709. The van der Waals surface area contributed by atoms with Crippen LogP contribution in [0.5, 0.6) is 0 Å². The Bertz CT molecular complexity index is 419. The second-order valence-corrected chi connectivity index (χ2v) is 4.57. The van der Waals surface area contributed by atoms with Crippen molar-refractivity contribution in [3.05, 3.63) is 41.0 Å². The zero-order chi connectivity index (χ0) is 13.4. The Balaban J connectivity index is 2.75. The third kappa shape index (κ3) is 5.17. The van der Waals surface area contributed by atoms with Crippen LogP contribution in [0.15, 0.2) is 29.8 Å². The van der Waals surface area contributed by atoms with Crippen molar-refractivity contribution >= 4 is 12.0 Å². The fraction of sp³-hybridized carbons (Fsp3) is 0.438. The summed E-state index contributed by atoms with van der Waals surface area (Å²) in [6, 6.07) is 8.40. The predicted octanol–water partition coefficient (Wildman–Crippen LogP) is 4.00. The van der Waals surface area contributed by atoms with Gasteiger partial charge in [-0.05, 0) is 36.5 Å². The van der Waals surface area contributed by atoms with Gasteiger partial charge in [0, 0.05) is 6.92 Å². The number of carbonyl (C=O) groups is 1. The van der Waals surface area contributed by atoms with Crippen LogP contribution in [0.3, 0.4) is 0 Å². The van der Waals surface area contributed by atoms with E-state index >= 15 is 0 Å². The summed E-state index contributed by atoms with van der Waals surface area (Å²) >= 11 is 0. The number of carbonyl (C=O) groups excluding carboxylic acids is 1. The summed E-state index contributed by atoms with van der Waals surface area (Å²) in [7, 11) is 0. The van der Waals surface area contributed by atoms with E-state index in [4.69, 9.17) is 4.74 Å². The molecule has 2 nitrogen and oxygen atoms in total. The number of aryl methyl sites for hydroxylation is 1. The highest BCUT2D eigenvalue weighted by Gasteiger charge is 2.00. The molecule has 0 saturated heterocycles. The van der Waals surface area contributed by atoms with Crippen molar-refractivity contribution in [3.63, 3.8) is 0 Å². The molecule has 0 amide bonds. The lowest BCUT2D eigenvalue weighted by atomic mass is 10.0. The number of esters is 1. The lowest BCUT2D eigenvalue weighted by Gasteiger charge is -2.07. The van der Waals surface area contributed by atoms with Crippen molar-refractivity contribution < 1.29 is 9.53 Å². The Morgan fingerprint density at radius 2 is 2.00 bits per heavy atom. The van der Waals surface area contributed by atoms with Crippen molar-refractivity contribution in [1.82, 2.24) is 0 Å². The van der Waals surface area contributed by atoms with Gasteiger partial charge in [-0.25, -0.2) is 0 Å². The van der Waals surface area contributed by atoms with Crippen LogP contribution < -0.4 is 0 Å². The molecule has 0 aliphatic carbocycles. The van der Waals surface area contributed by atoms with Crippen LogP contribution in [0.4, 0.5) is 0 Å². The van der Waals surface area contributed by atoms with Gasteiger partial charge in [0.1, 0.15) is 6.61 Å². The molecule has 0 heterocycles. The third-order valence-electron chi connectivity index (χ3n) is 2.76. The van der Waals surface area contributed by atoms with Crippen LogP contribution in [-0.2, 0) is 16.0 Å². The van der Waals surface area contributed by atoms with E-state index in [1.165, 1.54) is 30.9 Å². The molecular weight excluding hydrogens is 224 g/mol. The Labute approximate surface area is 110 Å². The van der Waals surface area contributed by atoms with E-state index in [0.29, 0.717) is 6.61 Å². The van der Waals surface area contributed by atoms with E-state index in [9.17, 15) is 4.79 Å². The number of rotatable bonds is 6. The van der Waals surface area contributed by atoms with Crippen molar-refractivity contribution in [3.8, 4) is 0 Å². The van der Waals surface area contributed by atoms with Gasteiger partial charge in [0.2, 0.25) is 0 Å². The van der Waals surface area contributed by atoms with E-state index < -0.39 is 0 Å². The molecule has 0 spiro atoms. The highest BCUT2D eigenvalue weighted by atomic mass is 16.5. The lowest BCUT2D eigenvalue weighted by molar-refractivity contribution is -0.139. The minimum absolute atomic E-state index is 0.234. The maximum absolute atomic E-state index is 10.8. The normalized spacial score (nSPS) is 11.4. The van der Waals surface area contributed by atoms with Gasteiger partial charge >= 0.3 is 5.97 Å². The van der Waals surface area contributed by atoms with Crippen LogP contribution in [0.25, 0.3) is 6.08 Å². The number of hydrogen-bond donors (Lipinski definition) is 0. The van der Waals surface area contributed by atoms with Crippen LogP contribution in [0, 0.1) is 0 Å². The third-order valence-corrected chi connectivity index (χ3v) is 2.76. The van der Waals surface area contributed by atoms with Gasteiger partial charge in [0.05, 0.1) is 0 Å². The standard InChI is InChI=1S/C16H22O2/c1-4-5-8-15-9-6-7-10-16(15)11-13(2)12-18-14(3)17/h6-7,9-11H,4-5,8,12H2,1-3H3. The molecule has 0 atom stereocenters. The summed E-state index contributed by atoms with van der Waals surface area (Å²) in [4.78, 5) is 10.8. The van der Waals surface area contributed by atoms with Crippen molar-refractivity contribution in [1.29, 1.82) is 0 Å². The fourth-order valence-electron chi connectivity index (χ4n) is 1.79. The van der Waals surface area contributed by atoms with Crippen molar-refractivity contribution in [2.75, 3.05) is 6.61 Å². The molecule has 0 aromatic heterocycles. The number of hydrogen-bond acceptors (Lipinski definition) is 2. The first-order valence-electron chi connectivity index (χ1n) is 6.52. The number of unbranched alkanes of at least 4 members (excludes halogenated alkanes) is 1. The van der Waals surface area contributed by atoms with Crippen LogP contribution in [0.2, 0.25) is 0 Å². The van der Waals surface area contributed by atoms with E-state index in [1.807, 2.05) is 13.0 Å². The van der Waals surface area contributed by atoms with Crippen molar-refractivity contribution in [2.24, 2.45) is 0 Å². The minimum Gasteiger partial charge on any atom is -0.461 e. The van der Waals surface area contributed by atoms with Gasteiger partial charge in [-0.3, -0.25) is 4.79 Å². The Morgan fingerprint density at radius 1 is 1.28 bits per heavy atom. The molecule has 0 bridgehead atoms. The summed E-state index contributed by atoms with van der Waals surface area (Å²) in [6.07, 6.45) is 5.61. The second-order valence-electron chi connectivity index (χ2n) is 4.57. The summed E-state index contributed by atoms with van der Waals surface area (Å²) in [6.45, 7) is 5.99. The molecule has 0 aliphatic rings. The van der Waals surface area contributed by atoms with Crippen molar-refractivity contribution in [2.45, 2.75) is 40.0 Å². The van der Waals surface area contributed by atoms with Gasteiger partial charge in [0.25, 0.3) is 0 Å². The van der Waals surface area contributed by atoms with E-state index in [0.717, 1.165) is 12.0 Å². The van der Waals surface area contributed by atoms with Gasteiger partial charge in [0.15, 0.2) is 0 Å². The largest absolute Gasteiger partial charge is 0.461 e. The molecule has 0 N–H and O–H groups in total. The van der Waals surface area contributed by atoms with E-state index in [-0.39, 0.29) is 5.97 Å². The Hall–Kier alpha value is -1.57. The summed E-state index contributed by atoms with van der Waals surface area (Å²) in [5.74, 6) is -0.234. The predicted molar refractivity (Wildman–Crippen MR) is 75.3 cm³/mol. The zero-order valence-electron chi connectivity index (χ0n) is 11.5.